The minimum absolute atomic E-state index is 0.186. The smallest absolute Gasteiger partial charge is 0.326 e. The normalized spacial score (nSPS) is 15.5. The maximum atomic E-state index is 14.2. The summed E-state index contributed by atoms with van der Waals surface area (Å²) < 4.78 is 27.4. The number of rotatable bonds is 12. The van der Waals surface area contributed by atoms with Crippen LogP contribution in [0.3, 0.4) is 0 Å². The van der Waals surface area contributed by atoms with E-state index in [1.54, 1.807) is 50.7 Å². The molecular weight excluding hydrogens is 517 g/mol. The van der Waals surface area contributed by atoms with E-state index >= 15 is 0 Å². The molecule has 2 heterocycles. The summed E-state index contributed by atoms with van der Waals surface area (Å²) in [6.45, 7) is 10.9. The average Bonchev–Trinajstić information content (AvgIpc) is 3.21. The fourth-order valence-corrected chi connectivity index (χ4v) is 6.26. The Morgan fingerprint density at radius 2 is 1.84 bits per heavy atom. The van der Waals surface area contributed by atoms with Crippen molar-refractivity contribution in [1.29, 1.82) is 0 Å². The van der Waals surface area contributed by atoms with Crippen LogP contribution in [-0.2, 0) is 25.4 Å². The first kappa shape index (κ1) is 29.0. The van der Waals surface area contributed by atoms with Crippen molar-refractivity contribution in [2.75, 3.05) is 12.1 Å². The lowest BCUT2D eigenvalue weighted by Crippen LogP contribution is -2.49. The van der Waals surface area contributed by atoms with Gasteiger partial charge in [0.1, 0.15) is 23.7 Å². The average molecular weight is 552 g/mol. The highest BCUT2D eigenvalue weighted by Gasteiger charge is 2.39. The Balaban J connectivity index is 1.77. The van der Waals surface area contributed by atoms with Crippen molar-refractivity contribution in [2.45, 2.75) is 71.9 Å². The van der Waals surface area contributed by atoms with E-state index in [0.717, 1.165) is 5.56 Å². The van der Waals surface area contributed by atoms with Gasteiger partial charge in [-0.2, -0.15) is 0 Å². The molecule has 0 radical (unpaired) electrons. The Kier molecular flexibility index (Phi) is 9.31. The second-order valence-corrected chi connectivity index (χ2v) is 12.4. The molecule has 2 aromatic heterocycles. The predicted molar refractivity (Wildman–Crippen MR) is 144 cm³/mol. The van der Waals surface area contributed by atoms with Crippen LogP contribution in [0.25, 0.3) is 11.2 Å². The lowest BCUT2D eigenvalue weighted by atomic mass is 10.1. The molecule has 0 unspecified atom stereocenters. The zero-order valence-corrected chi connectivity index (χ0v) is 23.6. The molecule has 3 rings (SSSR count). The third kappa shape index (κ3) is 7.72. The van der Waals surface area contributed by atoms with Crippen molar-refractivity contribution in [1.82, 2.24) is 29.7 Å². The van der Waals surface area contributed by atoms with E-state index in [0.29, 0.717) is 28.5 Å². The van der Waals surface area contributed by atoms with Gasteiger partial charge in [-0.05, 0) is 59.2 Å². The largest absolute Gasteiger partial charge is 0.462 e. The van der Waals surface area contributed by atoms with E-state index in [1.807, 2.05) is 26.0 Å². The molecule has 13 heteroatoms. The Labute approximate surface area is 222 Å². The lowest BCUT2D eigenvalue weighted by molar-refractivity contribution is -0.153. The third-order valence-corrected chi connectivity index (χ3v) is 8.00. The van der Waals surface area contributed by atoms with Crippen LogP contribution in [0.5, 0.6) is 0 Å². The van der Waals surface area contributed by atoms with Gasteiger partial charge in [0.2, 0.25) is 7.44 Å². The number of esters is 1. The standard InChI is InChI=1S/C24H35ClN7O4P/c1-15(2)36-23(33)24(5,6)31-37(34,30-17(4)18-7-9-19(25)10-8-18)14-35-16(3)11-32-13-29-20-21(26)27-12-28-22(20)32/h7-10,12-13,15-17H,11,14H2,1-6H3,(H2,26,27,28)(H2,30,31,34)/t16-,17-,37-/m1/s1. The molecule has 1 aromatic carbocycles. The fourth-order valence-electron chi connectivity index (χ4n) is 3.69. The van der Waals surface area contributed by atoms with Gasteiger partial charge >= 0.3 is 5.97 Å². The minimum Gasteiger partial charge on any atom is -0.462 e. The van der Waals surface area contributed by atoms with Gasteiger partial charge in [-0.3, -0.25) is 9.36 Å². The van der Waals surface area contributed by atoms with Crippen LogP contribution < -0.4 is 15.9 Å². The summed E-state index contributed by atoms with van der Waals surface area (Å²) in [7, 11) is -3.50. The molecule has 0 amide bonds. The summed E-state index contributed by atoms with van der Waals surface area (Å²) in [6.07, 6.45) is 2.11. The first-order valence-electron chi connectivity index (χ1n) is 12.0. The van der Waals surface area contributed by atoms with Crippen LogP contribution in [0.4, 0.5) is 5.82 Å². The van der Waals surface area contributed by atoms with Crippen LogP contribution in [0.1, 0.15) is 53.1 Å². The van der Waals surface area contributed by atoms with Crippen LogP contribution in [-0.4, -0.2) is 49.6 Å². The topological polar surface area (TPSA) is 146 Å². The SMILES string of the molecule is CC(C)OC(=O)C(C)(C)N[P@@](=O)(CO[C@H](C)Cn1cnc2c(N)ncnc21)N[C@H](C)c1ccc(Cl)cc1. The summed E-state index contributed by atoms with van der Waals surface area (Å²) in [4.78, 5) is 25.2. The number of anilines is 1. The number of fused-ring (bicyclic) bond motifs is 1. The number of carbonyl (C=O) groups excluding carboxylic acids is 1. The first-order valence-corrected chi connectivity index (χ1v) is 14.2. The minimum atomic E-state index is -3.50. The number of imidazole rings is 1. The van der Waals surface area contributed by atoms with Gasteiger partial charge in [0.15, 0.2) is 11.5 Å². The number of benzene rings is 1. The second kappa shape index (κ2) is 11.9. The summed E-state index contributed by atoms with van der Waals surface area (Å²) in [5.74, 6) is -0.221. The maximum absolute atomic E-state index is 14.2. The van der Waals surface area contributed by atoms with Crippen molar-refractivity contribution in [3.05, 3.63) is 47.5 Å². The number of hydrogen-bond acceptors (Lipinski definition) is 8. The van der Waals surface area contributed by atoms with Gasteiger partial charge in [-0.15, -0.1) is 0 Å². The first-order chi connectivity index (χ1) is 17.3. The molecule has 11 nitrogen and oxygen atoms in total. The van der Waals surface area contributed by atoms with Crippen LogP contribution in [0.15, 0.2) is 36.9 Å². The number of hydrogen-bond donors (Lipinski definition) is 3. The quantitative estimate of drug-likeness (QED) is 0.220. The molecule has 0 saturated heterocycles. The zero-order valence-electron chi connectivity index (χ0n) is 21.9. The Hall–Kier alpha value is -2.56. The molecule has 3 atom stereocenters. The molecule has 37 heavy (non-hydrogen) atoms. The monoisotopic (exact) mass is 551 g/mol. The molecule has 0 fully saturated rings. The molecule has 0 aliphatic heterocycles. The van der Waals surface area contributed by atoms with Crippen molar-refractivity contribution < 1.29 is 18.8 Å². The summed E-state index contributed by atoms with van der Waals surface area (Å²) >= 11 is 6.02. The summed E-state index contributed by atoms with van der Waals surface area (Å²) in [6, 6.07) is 6.90. The van der Waals surface area contributed by atoms with Gasteiger partial charge in [-0.1, -0.05) is 23.7 Å². The van der Waals surface area contributed by atoms with Crippen LogP contribution >= 0.6 is 19.0 Å². The number of nitrogen functional groups attached to an aromatic ring is 1. The maximum Gasteiger partial charge on any atom is 0.326 e. The molecule has 0 spiro atoms. The number of halogens is 1. The van der Waals surface area contributed by atoms with Crippen molar-refractivity contribution in [3.63, 3.8) is 0 Å². The van der Waals surface area contributed by atoms with Gasteiger partial charge in [-0.25, -0.2) is 25.1 Å². The number of nitrogens with two attached hydrogens (primary N) is 1. The molecule has 0 aliphatic carbocycles. The van der Waals surface area contributed by atoms with Crippen molar-refractivity contribution in [2.24, 2.45) is 0 Å². The van der Waals surface area contributed by atoms with Crippen molar-refractivity contribution in [3.8, 4) is 0 Å². The van der Waals surface area contributed by atoms with Crippen LogP contribution in [0, 0.1) is 0 Å². The van der Waals surface area contributed by atoms with E-state index in [-0.39, 0.29) is 24.6 Å². The van der Waals surface area contributed by atoms with E-state index in [2.05, 4.69) is 25.1 Å². The Morgan fingerprint density at radius 3 is 2.49 bits per heavy atom. The molecule has 4 N–H and O–H groups in total. The molecule has 202 valence electrons. The van der Waals surface area contributed by atoms with Crippen LogP contribution in [0.2, 0.25) is 5.02 Å². The van der Waals surface area contributed by atoms with Crippen molar-refractivity contribution >= 4 is 42.0 Å². The number of carbonyl (C=O) groups is 1. The van der Waals surface area contributed by atoms with Gasteiger partial charge in [0.25, 0.3) is 0 Å². The number of aromatic nitrogens is 4. The highest BCUT2D eigenvalue weighted by molar-refractivity contribution is 7.59. The molecule has 3 aromatic rings. The number of nitrogens with zero attached hydrogens (tertiary/aromatic N) is 4. The number of ether oxygens (including phenoxy) is 2. The summed E-state index contributed by atoms with van der Waals surface area (Å²) in [5, 5.41) is 6.76. The highest BCUT2D eigenvalue weighted by Crippen LogP contribution is 2.42. The van der Waals surface area contributed by atoms with E-state index < -0.39 is 19.0 Å². The molecule has 0 bridgehead atoms. The van der Waals surface area contributed by atoms with E-state index in [1.165, 1.54) is 6.33 Å². The van der Waals surface area contributed by atoms with Gasteiger partial charge in [0, 0.05) is 11.1 Å². The molecule has 0 aliphatic rings. The predicted octanol–water partition coefficient (Wildman–Crippen LogP) is 4.29. The fraction of sp³-hybridized carbons (Fsp3) is 0.500. The van der Waals surface area contributed by atoms with E-state index in [4.69, 9.17) is 26.8 Å². The van der Waals surface area contributed by atoms with Gasteiger partial charge < -0.3 is 19.8 Å². The highest BCUT2D eigenvalue weighted by atomic mass is 35.5. The Bertz CT molecular complexity index is 1270. The molecular formula is C24H35ClN7O4P. The summed E-state index contributed by atoms with van der Waals surface area (Å²) in [5.41, 5.74) is 6.60. The third-order valence-electron chi connectivity index (χ3n) is 5.51. The Morgan fingerprint density at radius 1 is 1.16 bits per heavy atom. The zero-order chi connectivity index (χ0) is 27.4. The molecule has 0 saturated carbocycles. The van der Waals surface area contributed by atoms with E-state index in [9.17, 15) is 9.36 Å². The van der Waals surface area contributed by atoms with Gasteiger partial charge in [0.05, 0.1) is 25.1 Å². The number of nitrogens with one attached hydrogen (secondary N) is 2. The lowest BCUT2D eigenvalue weighted by Gasteiger charge is -2.33. The second-order valence-electron chi connectivity index (χ2n) is 9.77.